The van der Waals surface area contributed by atoms with Crippen molar-refractivity contribution >= 4 is 30.4 Å². The van der Waals surface area contributed by atoms with Crippen molar-refractivity contribution in [1.82, 2.24) is 0 Å². The van der Waals surface area contributed by atoms with Gasteiger partial charge in [-0.25, -0.2) is 0 Å². The van der Waals surface area contributed by atoms with Gasteiger partial charge in [0.05, 0.1) is 29.4 Å². The summed E-state index contributed by atoms with van der Waals surface area (Å²) in [5.74, 6) is 0. The Balaban J connectivity index is 4.98. The third-order valence-corrected chi connectivity index (χ3v) is 4.41. The van der Waals surface area contributed by atoms with Crippen molar-refractivity contribution in [2.24, 2.45) is 0 Å². The van der Waals surface area contributed by atoms with E-state index in [4.69, 9.17) is 0 Å². The van der Waals surface area contributed by atoms with E-state index >= 15 is 0 Å². The van der Waals surface area contributed by atoms with Crippen LogP contribution in [-0.2, 0) is 42.9 Å². The number of rotatable bonds is 11. The number of hydrogen-bond acceptors (Lipinski definition) is 9. The molecule has 122 valence electrons. The highest BCUT2D eigenvalue weighted by Gasteiger charge is 2.22. The monoisotopic (exact) mass is 362 g/mol. The maximum absolute atomic E-state index is 11.2. The molecular weight excluding hydrogens is 348 g/mol. The molecule has 0 aromatic carbocycles. The lowest BCUT2D eigenvalue weighted by Crippen LogP contribution is -2.29. The third-order valence-electron chi connectivity index (χ3n) is 1.72. The molecular formula is C9H14O9S3. The van der Waals surface area contributed by atoms with Crippen molar-refractivity contribution in [3.05, 3.63) is 36.0 Å². The maximum Gasteiger partial charge on any atom is 0.289 e. The lowest BCUT2D eigenvalue weighted by molar-refractivity contribution is 0.0940. The first-order chi connectivity index (χ1) is 9.47. The molecule has 0 rings (SSSR count). The van der Waals surface area contributed by atoms with Gasteiger partial charge in [0.25, 0.3) is 30.4 Å². The van der Waals surface area contributed by atoms with Crippen LogP contribution < -0.4 is 0 Å². The van der Waals surface area contributed by atoms with Crippen LogP contribution in [0.2, 0.25) is 0 Å². The molecule has 0 saturated heterocycles. The Labute approximate surface area is 123 Å². The third kappa shape index (κ3) is 8.75. The standard InChI is InChI=1S/C9H14O9S3/c1-4-19(10,11)16-7-9(18-21(14,15)6-3)8-17-20(12,13)5-2/h4-6,9H,1-3,7-8H2. The minimum absolute atomic E-state index is 0.448. The second-order valence-electron chi connectivity index (χ2n) is 3.27. The summed E-state index contributed by atoms with van der Waals surface area (Å²) >= 11 is 0. The van der Waals surface area contributed by atoms with E-state index in [2.05, 4.69) is 32.3 Å². The van der Waals surface area contributed by atoms with Crippen molar-refractivity contribution in [2.75, 3.05) is 13.2 Å². The molecule has 0 amide bonds. The Morgan fingerprint density at radius 3 is 1.33 bits per heavy atom. The largest absolute Gasteiger partial charge is 0.289 e. The summed E-state index contributed by atoms with van der Waals surface area (Å²) < 4.78 is 79.8. The minimum Gasteiger partial charge on any atom is -0.264 e. The normalized spacial score (nSPS) is 13.0. The fourth-order valence-electron chi connectivity index (χ4n) is 0.770. The van der Waals surface area contributed by atoms with Crippen LogP contribution in [0.4, 0.5) is 0 Å². The van der Waals surface area contributed by atoms with Crippen molar-refractivity contribution in [3.63, 3.8) is 0 Å². The van der Waals surface area contributed by atoms with E-state index in [0.717, 1.165) is 0 Å². The van der Waals surface area contributed by atoms with Crippen molar-refractivity contribution < 1.29 is 37.8 Å². The van der Waals surface area contributed by atoms with Crippen LogP contribution in [0, 0.1) is 0 Å². The smallest absolute Gasteiger partial charge is 0.264 e. The van der Waals surface area contributed by atoms with Gasteiger partial charge in [0.1, 0.15) is 6.10 Å². The first-order valence-corrected chi connectivity index (χ1v) is 9.48. The van der Waals surface area contributed by atoms with Gasteiger partial charge in [-0.2, -0.15) is 25.3 Å². The van der Waals surface area contributed by atoms with Gasteiger partial charge in [-0.1, -0.05) is 19.7 Å². The van der Waals surface area contributed by atoms with E-state index < -0.39 is 49.7 Å². The first-order valence-electron chi connectivity index (χ1n) is 5.06. The SMILES string of the molecule is C=CS(=O)(=O)OCC(COS(=O)(=O)C=C)OS(=O)(=O)C=C. The second kappa shape index (κ2) is 7.82. The summed E-state index contributed by atoms with van der Waals surface area (Å²) in [7, 11) is -12.4. The van der Waals surface area contributed by atoms with Gasteiger partial charge >= 0.3 is 0 Å². The first kappa shape index (κ1) is 19.9. The van der Waals surface area contributed by atoms with Crippen LogP contribution in [0.3, 0.4) is 0 Å². The summed E-state index contributed by atoms with van der Waals surface area (Å²) in [5.41, 5.74) is 0. The zero-order chi connectivity index (χ0) is 16.7. The highest BCUT2D eigenvalue weighted by molar-refractivity contribution is 7.90. The van der Waals surface area contributed by atoms with Crippen LogP contribution in [-0.4, -0.2) is 44.6 Å². The molecule has 0 bridgehead atoms. The van der Waals surface area contributed by atoms with E-state index in [1.54, 1.807) is 0 Å². The molecule has 0 unspecified atom stereocenters. The zero-order valence-electron chi connectivity index (χ0n) is 10.7. The molecule has 0 spiro atoms. The van der Waals surface area contributed by atoms with Gasteiger partial charge in [-0.3, -0.25) is 12.5 Å². The second-order valence-corrected chi connectivity index (χ2v) is 7.89. The quantitative estimate of drug-likeness (QED) is 0.459. The lowest BCUT2D eigenvalue weighted by Gasteiger charge is -2.15. The van der Waals surface area contributed by atoms with E-state index in [0.29, 0.717) is 16.2 Å². The summed E-state index contributed by atoms with van der Waals surface area (Å²) in [6.07, 6.45) is -1.54. The minimum atomic E-state index is -4.20. The molecule has 0 fully saturated rings. The fourth-order valence-corrected chi connectivity index (χ4v) is 2.21. The van der Waals surface area contributed by atoms with Crippen molar-refractivity contribution in [3.8, 4) is 0 Å². The van der Waals surface area contributed by atoms with Gasteiger partial charge in [0, 0.05) is 0 Å². The molecule has 0 heterocycles. The predicted octanol–water partition coefficient (Wildman–Crippen LogP) is -0.175. The molecule has 21 heavy (non-hydrogen) atoms. The van der Waals surface area contributed by atoms with Gasteiger partial charge in [0.15, 0.2) is 0 Å². The van der Waals surface area contributed by atoms with Crippen LogP contribution in [0.1, 0.15) is 0 Å². The maximum atomic E-state index is 11.2. The Kier molecular flexibility index (Phi) is 7.43. The van der Waals surface area contributed by atoms with Gasteiger partial charge in [-0.05, 0) is 0 Å². The molecule has 0 aromatic heterocycles. The lowest BCUT2D eigenvalue weighted by atomic mass is 10.4. The molecule has 0 N–H and O–H groups in total. The van der Waals surface area contributed by atoms with Gasteiger partial charge in [-0.15, -0.1) is 0 Å². The van der Waals surface area contributed by atoms with Crippen molar-refractivity contribution in [2.45, 2.75) is 6.10 Å². The molecule has 0 aromatic rings. The summed E-state index contributed by atoms with van der Waals surface area (Å²) in [6, 6.07) is 0. The average molecular weight is 362 g/mol. The van der Waals surface area contributed by atoms with Gasteiger partial charge in [0.2, 0.25) is 0 Å². The van der Waals surface area contributed by atoms with Gasteiger partial charge < -0.3 is 0 Å². The molecule has 0 aliphatic heterocycles. The number of hydrogen-bond donors (Lipinski definition) is 0. The van der Waals surface area contributed by atoms with E-state index in [1.165, 1.54) is 0 Å². The van der Waals surface area contributed by atoms with E-state index in [9.17, 15) is 25.3 Å². The van der Waals surface area contributed by atoms with Crippen LogP contribution in [0.5, 0.6) is 0 Å². The predicted molar refractivity (Wildman–Crippen MR) is 74.1 cm³/mol. The molecule has 0 atom stereocenters. The highest BCUT2D eigenvalue weighted by Crippen LogP contribution is 2.08. The zero-order valence-corrected chi connectivity index (χ0v) is 13.2. The average Bonchev–Trinajstić information content (AvgIpc) is 2.42. The topological polar surface area (TPSA) is 130 Å². The summed E-state index contributed by atoms with van der Waals surface area (Å²) in [6.45, 7) is 7.29. The Bertz CT molecular complexity index is 643. The van der Waals surface area contributed by atoms with Crippen LogP contribution in [0.15, 0.2) is 36.0 Å². The summed E-state index contributed by atoms with van der Waals surface area (Å²) in [4.78, 5) is 0. The van der Waals surface area contributed by atoms with E-state index in [-0.39, 0.29) is 0 Å². The molecule has 12 heteroatoms. The summed E-state index contributed by atoms with van der Waals surface area (Å²) in [5, 5.41) is 1.41. The van der Waals surface area contributed by atoms with Crippen LogP contribution >= 0.6 is 0 Å². The van der Waals surface area contributed by atoms with Crippen LogP contribution in [0.25, 0.3) is 0 Å². The molecule has 0 aliphatic carbocycles. The van der Waals surface area contributed by atoms with Crippen molar-refractivity contribution in [1.29, 1.82) is 0 Å². The molecule has 0 radical (unpaired) electrons. The molecule has 9 nitrogen and oxygen atoms in total. The molecule has 0 aliphatic rings. The Morgan fingerprint density at radius 1 is 0.714 bits per heavy atom. The highest BCUT2D eigenvalue weighted by atomic mass is 32.2. The Hall–Kier alpha value is -1.05. The fraction of sp³-hybridized carbons (Fsp3) is 0.333. The molecule has 0 saturated carbocycles. The van der Waals surface area contributed by atoms with E-state index in [1.807, 2.05) is 0 Å². The Morgan fingerprint density at radius 2 is 1.05 bits per heavy atom.